The number of nitrogens with zero attached hydrogens (tertiary/aromatic N) is 2. The lowest BCUT2D eigenvalue weighted by molar-refractivity contribution is -0.0154. The second kappa shape index (κ2) is 2.42. The molecule has 1 rings (SSSR count). The van der Waals surface area contributed by atoms with Crippen molar-refractivity contribution in [3.8, 4) is 0 Å². The summed E-state index contributed by atoms with van der Waals surface area (Å²) in [5, 5.41) is 0.861. The first-order valence-corrected chi connectivity index (χ1v) is 2.88. The lowest BCUT2D eigenvalue weighted by atomic mass is 10.4. The maximum absolute atomic E-state index is 12.2. The molecule has 0 aromatic rings. The Kier molecular flexibility index (Phi) is 1.81. The molecule has 48 valence electrons. The van der Waals surface area contributed by atoms with E-state index in [1.54, 1.807) is 0 Å². The van der Waals surface area contributed by atoms with Gasteiger partial charge < -0.3 is 4.90 Å². The van der Waals surface area contributed by atoms with E-state index < -0.39 is 0 Å². The van der Waals surface area contributed by atoms with Gasteiger partial charge in [-0.2, -0.15) is 0 Å². The Morgan fingerprint density at radius 1 is 1.12 bits per heavy atom. The Bertz CT molecular complexity index is 58.8. The van der Waals surface area contributed by atoms with E-state index in [1.807, 2.05) is 7.05 Å². The van der Waals surface area contributed by atoms with Gasteiger partial charge in [0, 0.05) is 26.2 Å². The Hall–Kier alpha value is -0.150. The van der Waals surface area contributed by atoms with Gasteiger partial charge in [-0.3, -0.25) is 0 Å². The van der Waals surface area contributed by atoms with Gasteiger partial charge in [-0.1, -0.05) is 0 Å². The zero-order valence-electron chi connectivity index (χ0n) is 5.10. The maximum Gasteiger partial charge on any atom is 0.0418 e. The highest BCUT2D eigenvalue weighted by atomic mass is 19.2. The SMILES string of the molecule is CN1CCN(F)CC1. The molecule has 0 N–H and O–H groups in total. The third-order valence-corrected chi connectivity index (χ3v) is 1.45. The van der Waals surface area contributed by atoms with E-state index in [1.165, 1.54) is 0 Å². The molecule has 1 aliphatic rings. The molecular weight excluding hydrogens is 107 g/mol. The molecule has 8 heavy (non-hydrogen) atoms. The second-order valence-electron chi connectivity index (χ2n) is 2.21. The maximum atomic E-state index is 12.2. The average Bonchev–Trinajstić information content (AvgIpc) is 1.77. The van der Waals surface area contributed by atoms with Crippen LogP contribution in [0.2, 0.25) is 0 Å². The number of likely N-dealkylation sites (N-methyl/N-ethyl adjacent to an activating group) is 1. The molecule has 0 spiro atoms. The molecule has 1 fully saturated rings. The van der Waals surface area contributed by atoms with Gasteiger partial charge in [-0.25, -0.2) is 0 Å². The minimum absolute atomic E-state index is 0.566. The van der Waals surface area contributed by atoms with Crippen LogP contribution in [0.4, 0.5) is 4.48 Å². The van der Waals surface area contributed by atoms with Gasteiger partial charge in [-0.05, 0) is 7.05 Å². The molecule has 0 aliphatic carbocycles. The molecule has 0 amide bonds. The van der Waals surface area contributed by atoms with E-state index in [2.05, 4.69) is 4.90 Å². The molecule has 0 unspecified atom stereocenters. The van der Waals surface area contributed by atoms with E-state index in [4.69, 9.17) is 0 Å². The lowest BCUT2D eigenvalue weighted by Crippen LogP contribution is -2.40. The van der Waals surface area contributed by atoms with Crippen LogP contribution in [0.3, 0.4) is 0 Å². The molecule has 1 aliphatic heterocycles. The molecule has 0 saturated carbocycles. The first-order valence-electron chi connectivity index (χ1n) is 2.88. The van der Waals surface area contributed by atoms with E-state index in [0.717, 1.165) is 18.2 Å². The topological polar surface area (TPSA) is 6.48 Å². The van der Waals surface area contributed by atoms with Crippen molar-refractivity contribution < 1.29 is 4.48 Å². The summed E-state index contributed by atoms with van der Waals surface area (Å²) in [6.45, 7) is 2.85. The fraction of sp³-hybridized carbons (Fsp3) is 1.00. The summed E-state index contributed by atoms with van der Waals surface area (Å²) in [5.74, 6) is 0. The molecular formula is C5H11FN2. The predicted molar refractivity (Wildman–Crippen MR) is 30.2 cm³/mol. The fourth-order valence-corrected chi connectivity index (χ4v) is 0.782. The van der Waals surface area contributed by atoms with Gasteiger partial charge in [0.25, 0.3) is 0 Å². The van der Waals surface area contributed by atoms with Crippen LogP contribution in [0.25, 0.3) is 0 Å². The van der Waals surface area contributed by atoms with E-state index in [-0.39, 0.29) is 0 Å². The quantitative estimate of drug-likeness (QED) is 0.417. The van der Waals surface area contributed by atoms with Gasteiger partial charge in [0.15, 0.2) is 0 Å². The molecule has 1 saturated heterocycles. The van der Waals surface area contributed by atoms with Crippen molar-refractivity contribution in [1.82, 2.24) is 10.0 Å². The molecule has 0 aromatic heterocycles. The molecule has 1 heterocycles. The molecule has 0 atom stereocenters. The Morgan fingerprint density at radius 2 is 1.62 bits per heavy atom. The molecule has 0 aromatic carbocycles. The van der Waals surface area contributed by atoms with Crippen LogP contribution in [-0.4, -0.2) is 43.2 Å². The van der Waals surface area contributed by atoms with Crippen molar-refractivity contribution in [3.63, 3.8) is 0 Å². The minimum Gasteiger partial charge on any atom is -0.304 e. The summed E-state index contributed by atoms with van der Waals surface area (Å²) in [6.07, 6.45) is 0. The Balaban J connectivity index is 2.19. The largest absolute Gasteiger partial charge is 0.304 e. The van der Waals surface area contributed by atoms with E-state index in [9.17, 15) is 4.48 Å². The number of hydrogen-bond acceptors (Lipinski definition) is 2. The third-order valence-electron chi connectivity index (χ3n) is 1.45. The van der Waals surface area contributed by atoms with Crippen molar-refractivity contribution in [3.05, 3.63) is 0 Å². The highest BCUT2D eigenvalue weighted by Gasteiger charge is 2.11. The fourth-order valence-electron chi connectivity index (χ4n) is 0.782. The lowest BCUT2D eigenvalue weighted by Gasteiger charge is -2.25. The van der Waals surface area contributed by atoms with Crippen LogP contribution in [0, 0.1) is 0 Å². The predicted octanol–water partition coefficient (Wildman–Crippen LogP) is 0.118. The normalized spacial score (nSPS) is 26.2. The number of hydrogen-bond donors (Lipinski definition) is 0. The third kappa shape index (κ3) is 1.42. The summed E-state index contributed by atoms with van der Waals surface area (Å²) in [5.41, 5.74) is 0. The highest BCUT2D eigenvalue weighted by molar-refractivity contribution is 4.61. The minimum atomic E-state index is 0.566. The molecule has 2 nitrogen and oxygen atoms in total. The van der Waals surface area contributed by atoms with Crippen LogP contribution in [0.5, 0.6) is 0 Å². The number of halogens is 1. The smallest absolute Gasteiger partial charge is 0.0418 e. The first-order chi connectivity index (χ1) is 3.79. The Morgan fingerprint density at radius 3 is 2.00 bits per heavy atom. The zero-order valence-corrected chi connectivity index (χ0v) is 5.10. The zero-order chi connectivity index (χ0) is 5.98. The van der Waals surface area contributed by atoms with Gasteiger partial charge >= 0.3 is 0 Å². The average molecular weight is 118 g/mol. The van der Waals surface area contributed by atoms with Crippen molar-refractivity contribution in [2.75, 3.05) is 33.2 Å². The number of rotatable bonds is 0. The van der Waals surface area contributed by atoms with E-state index in [0.29, 0.717) is 13.1 Å². The van der Waals surface area contributed by atoms with Gasteiger partial charge in [0.1, 0.15) is 0 Å². The van der Waals surface area contributed by atoms with Gasteiger partial charge in [0.05, 0.1) is 0 Å². The second-order valence-corrected chi connectivity index (χ2v) is 2.21. The van der Waals surface area contributed by atoms with Crippen molar-refractivity contribution >= 4 is 0 Å². The van der Waals surface area contributed by atoms with Crippen molar-refractivity contribution in [2.45, 2.75) is 0 Å². The standard InChI is InChI=1S/C5H11FN2/c1-7-2-4-8(6)5-3-7/h2-5H2,1H3. The molecule has 3 heteroatoms. The number of piperazine rings is 1. The summed E-state index contributed by atoms with van der Waals surface area (Å²) >= 11 is 0. The van der Waals surface area contributed by atoms with Crippen LogP contribution in [0.15, 0.2) is 0 Å². The van der Waals surface area contributed by atoms with Crippen molar-refractivity contribution in [1.29, 1.82) is 0 Å². The highest BCUT2D eigenvalue weighted by Crippen LogP contribution is 1.97. The van der Waals surface area contributed by atoms with Crippen LogP contribution in [-0.2, 0) is 0 Å². The van der Waals surface area contributed by atoms with Crippen molar-refractivity contribution in [2.24, 2.45) is 0 Å². The molecule has 0 radical (unpaired) electrons. The van der Waals surface area contributed by atoms with Crippen LogP contribution >= 0.6 is 0 Å². The first kappa shape index (κ1) is 5.98. The molecule has 0 bridgehead atoms. The monoisotopic (exact) mass is 118 g/mol. The van der Waals surface area contributed by atoms with E-state index >= 15 is 0 Å². The van der Waals surface area contributed by atoms with Gasteiger partial charge in [0.2, 0.25) is 0 Å². The van der Waals surface area contributed by atoms with Gasteiger partial charge in [-0.15, -0.1) is 9.60 Å². The summed E-state index contributed by atoms with van der Waals surface area (Å²) in [6, 6.07) is 0. The van der Waals surface area contributed by atoms with Crippen LogP contribution < -0.4 is 0 Å². The summed E-state index contributed by atoms with van der Waals surface area (Å²) in [4.78, 5) is 2.12. The summed E-state index contributed by atoms with van der Waals surface area (Å²) in [7, 11) is 2.01. The van der Waals surface area contributed by atoms with Crippen LogP contribution in [0.1, 0.15) is 0 Å². The Labute approximate surface area is 48.8 Å². The summed E-state index contributed by atoms with van der Waals surface area (Å²) < 4.78 is 12.2.